The van der Waals surface area contributed by atoms with Gasteiger partial charge in [0.2, 0.25) is 11.7 Å². The fourth-order valence-corrected chi connectivity index (χ4v) is 2.51. The lowest BCUT2D eigenvalue weighted by molar-refractivity contribution is 0.363. The van der Waals surface area contributed by atoms with E-state index in [1.165, 1.54) is 6.07 Å². The van der Waals surface area contributed by atoms with Gasteiger partial charge in [0.1, 0.15) is 5.82 Å². The Labute approximate surface area is 142 Å². The van der Waals surface area contributed by atoms with E-state index < -0.39 is 0 Å². The third-order valence-corrected chi connectivity index (χ3v) is 3.68. The van der Waals surface area contributed by atoms with Crippen LogP contribution in [0, 0.1) is 5.82 Å². The summed E-state index contributed by atoms with van der Waals surface area (Å²) in [6.07, 6.45) is 5.81. The van der Waals surface area contributed by atoms with Crippen LogP contribution in [-0.4, -0.2) is 24.5 Å². The van der Waals surface area contributed by atoms with Gasteiger partial charge in [-0.1, -0.05) is 23.4 Å². The van der Waals surface area contributed by atoms with E-state index in [4.69, 9.17) is 4.52 Å². The number of nitrogens with one attached hydrogen (secondary N) is 1. The molecule has 0 saturated heterocycles. The molecule has 0 spiro atoms. The Bertz CT molecular complexity index is 962. The lowest BCUT2D eigenvalue weighted by Gasteiger charge is -1.98. The minimum Gasteiger partial charge on any atom is -0.338 e. The predicted octanol–water partition coefficient (Wildman–Crippen LogP) is 2.13. The van der Waals surface area contributed by atoms with Gasteiger partial charge in [-0.2, -0.15) is 4.98 Å². The van der Waals surface area contributed by atoms with Crippen molar-refractivity contribution in [3.63, 3.8) is 0 Å². The Balaban J connectivity index is 1.34. The van der Waals surface area contributed by atoms with E-state index >= 15 is 0 Å². The van der Waals surface area contributed by atoms with E-state index in [2.05, 4.69) is 25.4 Å². The Morgan fingerprint density at radius 2 is 2.04 bits per heavy atom. The molecule has 0 amide bonds. The smallest absolute Gasteiger partial charge is 0.240 e. The molecule has 0 aliphatic rings. The van der Waals surface area contributed by atoms with Crippen LogP contribution >= 0.6 is 0 Å². The van der Waals surface area contributed by atoms with Crippen molar-refractivity contribution in [3.05, 3.63) is 77.7 Å². The minimum absolute atomic E-state index is 0.271. The molecule has 8 heteroatoms. The van der Waals surface area contributed by atoms with Crippen LogP contribution in [0.3, 0.4) is 0 Å². The van der Waals surface area contributed by atoms with Gasteiger partial charge in [0.15, 0.2) is 5.82 Å². The van der Waals surface area contributed by atoms with Crippen LogP contribution < -0.4 is 5.32 Å². The number of rotatable bonds is 6. The summed E-state index contributed by atoms with van der Waals surface area (Å²) in [6, 6.07) is 8.41. The molecule has 1 N–H and O–H groups in total. The van der Waals surface area contributed by atoms with Crippen LogP contribution in [0.5, 0.6) is 0 Å². The molecule has 7 nitrogen and oxygen atoms in total. The highest BCUT2D eigenvalue weighted by Gasteiger charge is 2.10. The number of imidazole rings is 1. The van der Waals surface area contributed by atoms with Gasteiger partial charge in [0, 0.05) is 31.6 Å². The van der Waals surface area contributed by atoms with Crippen molar-refractivity contribution < 1.29 is 8.91 Å². The molecule has 0 fully saturated rings. The molecule has 0 atom stereocenters. The highest BCUT2D eigenvalue weighted by molar-refractivity contribution is 5.29. The monoisotopic (exact) mass is 338 g/mol. The van der Waals surface area contributed by atoms with E-state index in [0.29, 0.717) is 42.6 Å². The Kier molecular flexibility index (Phi) is 4.17. The van der Waals surface area contributed by atoms with Crippen molar-refractivity contribution in [3.8, 4) is 0 Å². The first-order valence-corrected chi connectivity index (χ1v) is 7.82. The molecular weight excluding hydrogens is 323 g/mol. The molecule has 3 aromatic heterocycles. The van der Waals surface area contributed by atoms with Crippen LogP contribution in [0.25, 0.3) is 5.78 Å². The highest BCUT2D eigenvalue weighted by Crippen LogP contribution is 2.11. The normalized spacial score (nSPS) is 11.2. The fraction of sp³-hybridized carbons (Fsp3) is 0.176. The first kappa shape index (κ1) is 15.4. The molecule has 4 aromatic rings. The van der Waals surface area contributed by atoms with Crippen molar-refractivity contribution in [2.45, 2.75) is 19.5 Å². The average molecular weight is 338 g/mol. The van der Waals surface area contributed by atoms with Crippen molar-refractivity contribution in [2.24, 2.45) is 0 Å². The second-order valence-corrected chi connectivity index (χ2v) is 5.54. The summed E-state index contributed by atoms with van der Waals surface area (Å²) < 4.78 is 20.7. The van der Waals surface area contributed by atoms with Gasteiger partial charge >= 0.3 is 0 Å². The molecule has 126 valence electrons. The lowest BCUT2D eigenvalue weighted by Crippen LogP contribution is -2.13. The van der Waals surface area contributed by atoms with Crippen LogP contribution in [0.4, 0.5) is 4.39 Å². The molecule has 25 heavy (non-hydrogen) atoms. The fourth-order valence-electron chi connectivity index (χ4n) is 2.51. The van der Waals surface area contributed by atoms with Crippen molar-refractivity contribution in [2.75, 3.05) is 0 Å². The largest absolute Gasteiger partial charge is 0.338 e. The predicted molar refractivity (Wildman–Crippen MR) is 87.0 cm³/mol. The highest BCUT2D eigenvalue weighted by atomic mass is 19.1. The molecular formula is C17H15FN6O. The van der Waals surface area contributed by atoms with Crippen LogP contribution in [-0.2, 0) is 19.5 Å². The number of halogens is 1. The molecule has 0 aliphatic carbocycles. The van der Waals surface area contributed by atoms with E-state index in [-0.39, 0.29) is 5.82 Å². The number of hydrogen-bond acceptors (Lipinski definition) is 6. The SMILES string of the molecule is Fc1ccccc1Cc1noc(CNCc2cn3cccnc3n2)n1. The Morgan fingerprint density at radius 3 is 2.92 bits per heavy atom. The van der Waals surface area contributed by atoms with Crippen LogP contribution in [0.2, 0.25) is 0 Å². The van der Waals surface area contributed by atoms with Crippen LogP contribution in [0.15, 0.2) is 53.4 Å². The van der Waals surface area contributed by atoms with Gasteiger partial charge in [-0.25, -0.2) is 14.4 Å². The molecule has 1 aromatic carbocycles. The zero-order valence-corrected chi connectivity index (χ0v) is 13.3. The summed E-state index contributed by atoms with van der Waals surface area (Å²) in [5, 5.41) is 7.08. The molecule has 0 aliphatic heterocycles. The van der Waals surface area contributed by atoms with E-state index in [1.807, 2.05) is 22.9 Å². The Morgan fingerprint density at radius 1 is 1.12 bits per heavy atom. The summed E-state index contributed by atoms with van der Waals surface area (Å²) in [4.78, 5) is 12.8. The van der Waals surface area contributed by atoms with Gasteiger partial charge < -0.3 is 9.84 Å². The number of hydrogen-bond donors (Lipinski definition) is 1. The van der Waals surface area contributed by atoms with E-state index in [9.17, 15) is 4.39 Å². The molecule has 4 rings (SSSR count). The minimum atomic E-state index is -0.271. The van der Waals surface area contributed by atoms with Gasteiger partial charge in [0.25, 0.3) is 0 Å². The maximum atomic E-state index is 13.6. The maximum absolute atomic E-state index is 13.6. The molecule has 0 radical (unpaired) electrons. The molecule has 0 bridgehead atoms. The molecule has 0 saturated carbocycles. The molecule has 0 unspecified atom stereocenters. The van der Waals surface area contributed by atoms with Gasteiger partial charge in [-0.05, 0) is 17.7 Å². The number of fused-ring (bicyclic) bond motifs is 1. The van der Waals surface area contributed by atoms with E-state index in [0.717, 1.165) is 5.69 Å². The van der Waals surface area contributed by atoms with Crippen molar-refractivity contribution in [1.82, 2.24) is 29.8 Å². The summed E-state index contributed by atoms with van der Waals surface area (Å²) in [5.74, 6) is 1.30. The summed E-state index contributed by atoms with van der Waals surface area (Å²) >= 11 is 0. The van der Waals surface area contributed by atoms with Crippen LogP contribution in [0.1, 0.15) is 23.0 Å². The van der Waals surface area contributed by atoms with Gasteiger partial charge in [-0.15, -0.1) is 0 Å². The van der Waals surface area contributed by atoms with E-state index in [1.54, 1.807) is 24.4 Å². The number of aromatic nitrogens is 5. The maximum Gasteiger partial charge on any atom is 0.240 e. The zero-order chi connectivity index (χ0) is 17.1. The average Bonchev–Trinajstić information content (AvgIpc) is 3.23. The third-order valence-electron chi connectivity index (χ3n) is 3.68. The van der Waals surface area contributed by atoms with Gasteiger partial charge in [0.05, 0.1) is 12.2 Å². The second-order valence-electron chi connectivity index (χ2n) is 5.54. The topological polar surface area (TPSA) is 81.1 Å². The number of benzene rings is 1. The quantitative estimate of drug-likeness (QED) is 0.580. The number of nitrogens with zero attached hydrogens (tertiary/aromatic N) is 5. The third kappa shape index (κ3) is 3.53. The zero-order valence-electron chi connectivity index (χ0n) is 13.3. The van der Waals surface area contributed by atoms with Crippen molar-refractivity contribution in [1.29, 1.82) is 0 Å². The second kappa shape index (κ2) is 6.78. The molecule has 3 heterocycles. The first-order chi connectivity index (χ1) is 12.3. The summed E-state index contributed by atoms with van der Waals surface area (Å²) in [5.41, 5.74) is 1.41. The van der Waals surface area contributed by atoms with Crippen molar-refractivity contribution >= 4 is 5.78 Å². The summed E-state index contributed by atoms with van der Waals surface area (Å²) in [7, 11) is 0. The lowest BCUT2D eigenvalue weighted by atomic mass is 10.1. The first-order valence-electron chi connectivity index (χ1n) is 7.82. The van der Waals surface area contributed by atoms with Gasteiger partial charge in [-0.3, -0.25) is 4.40 Å². The Hall–Kier alpha value is -3.13. The standard InChI is InChI=1S/C17H15FN6O/c18-14-5-2-1-4-12(14)8-15-22-16(25-23-15)10-19-9-13-11-24-7-3-6-20-17(24)21-13/h1-7,11,19H,8-10H2. The summed E-state index contributed by atoms with van der Waals surface area (Å²) in [6.45, 7) is 0.958.